The zero-order valence-corrected chi connectivity index (χ0v) is 12.6. The number of benzene rings is 2. The first-order valence-electron chi connectivity index (χ1n) is 6.90. The molecule has 2 aromatic rings. The quantitative estimate of drug-likeness (QED) is 0.833. The number of hydrogen-bond acceptors (Lipinski definition) is 2. The molecule has 108 valence electrons. The van der Waals surface area contributed by atoms with E-state index in [9.17, 15) is 5.11 Å². The molecule has 0 aromatic heterocycles. The van der Waals surface area contributed by atoms with Crippen LogP contribution in [0.1, 0.15) is 25.3 Å². The highest BCUT2D eigenvalue weighted by molar-refractivity contribution is 6.30. The highest BCUT2D eigenvalue weighted by atomic mass is 35.5. The Balaban J connectivity index is 2.02. The third-order valence-electron chi connectivity index (χ3n) is 2.83. The summed E-state index contributed by atoms with van der Waals surface area (Å²) in [5.41, 5.74) is 0.851. The van der Waals surface area contributed by atoms with Gasteiger partial charge < -0.3 is 9.84 Å². The van der Waals surface area contributed by atoms with E-state index < -0.39 is 6.10 Å². The van der Waals surface area contributed by atoms with Crippen LogP contribution in [-0.2, 0) is 0 Å². The van der Waals surface area contributed by atoms with Crippen molar-refractivity contribution in [2.45, 2.75) is 25.9 Å². The van der Waals surface area contributed by atoms with Crippen LogP contribution in [0.3, 0.4) is 0 Å². The SMILES string of the molecule is CCCC(O)C#Cc1ccc(Oc2cccc(Cl)c2)cc1. The minimum atomic E-state index is -0.558. The van der Waals surface area contributed by atoms with E-state index in [0.717, 1.165) is 17.7 Å². The van der Waals surface area contributed by atoms with E-state index in [2.05, 4.69) is 11.8 Å². The van der Waals surface area contributed by atoms with Gasteiger partial charge in [0.1, 0.15) is 17.6 Å². The monoisotopic (exact) mass is 300 g/mol. The van der Waals surface area contributed by atoms with Crippen LogP contribution < -0.4 is 4.74 Å². The minimum Gasteiger partial charge on any atom is -0.457 e. The van der Waals surface area contributed by atoms with Crippen molar-refractivity contribution in [3.63, 3.8) is 0 Å². The van der Waals surface area contributed by atoms with Crippen LogP contribution in [0, 0.1) is 11.8 Å². The first kappa shape index (κ1) is 15.4. The van der Waals surface area contributed by atoms with Gasteiger partial charge in [0.05, 0.1) is 0 Å². The van der Waals surface area contributed by atoms with Crippen molar-refractivity contribution in [1.29, 1.82) is 0 Å². The molecule has 1 N–H and O–H groups in total. The smallest absolute Gasteiger partial charge is 0.128 e. The maximum absolute atomic E-state index is 9.58. The van der Waals surface area contributed by atoms with Gasteiger partial charge in [-0.3, -0.25) is 0 Å². The Kier molecular flexibility index (Phi) is 5.68. The van der Waals surface area contributed by atoms with E-state index in [1.807, 2.05) is 43.3 Å². The summed E-state index contributed by atoms with van der Waals surface area (Å²) < 4.78 is 5.70. The summed E-state index contributed by atoms with van der Waals surface area (Å²) in [5.74, 6) is 7.19. The topological polar surface area (TPSA) is 29.5 Å². The summed E-state index contributed by atoms with van der Waals surface area (Å²) in [4.78, 5) is 0. The van der Waals surface area contributed by atoms with Crippen molar-refractivity contribution in [2.75, 3.05) is 0 Å². The zero-order valence-electron chi connectivity index (χ0n) is 11.8. The Morgan fingerprint density at radius 1 is 1.14 bits per heavy atom. The molecule has 1 unspecified atom stereocenters. The molecule has 0 saturated heterocycles. The molecule has 0 aliphatic rings. The zero-order chi connectivity index (χ0) is 15.1. The Morgan fingerprint density at radius 2 is 1.90 bits per heavy atom. The molecule has 2 rings (SSSR count). The lowest BCUT2D eigenvalue weighted by atomic mass is 10.2. The van der Waals surface area contributed by atoms with Crippen molar-refractivity contribution < 1.29 is 9.84 Å². The van der Waals surface area contributed by atoms with Crippen LogP contribution >= 0.6 is 11.6 Å². The van der Waals surface area contributed by atoms with Gasteiger partial charge in [0.2, 0.25) is 0 Å². The second kappa shape index (κ2) is 7.73. The molecule has 0 aliphatic heterocycles. The molecule has 1 atom stereocenters. The molecule has 0 radical (unpaired) electrons. The Morgan fingerprint density at radius 3 is 2.57 bits per heavy atom. The fraction of sp³-hybridized carbons (Fsp3) is 0.222. The number of ether oxygens (including phenoxy) is 1. The number of rotatable bonds is 4. The van der Waals surface area contributed by atoms with Gasteiger partial charge in [-0.25, -0.2) is 0 Å². The van der Waals surface area contributed by atoms with Crippen LogP contribution in [-0.4, -0.2) is 11.2 Å². The highest BCUT2D eigenvalue weighted by Gasteiger charge is 1.99. The first-order valence-corrected chi connectivity index (χ1v) is 7.28. The van der Waals surface area contributed by atoms with E-state index in [4.69, 9.17) is 16.3 Å². The lowest BCUT2D eigenvalue weighted by Gasteiger charge is -2.05. The maximum Gasteiger partial charge on any atom is 0.128 e. The van der Waals surface area contributed by atoms with Crippen LogP contribution in [0.5, 0.6) is 11.5 Å². The maximum atomic E-state index is 9.58. The van der Waals surface area contributed by atoms with Crippen LogP contribution in [0.4, 0.5) is 0 Å². The third-order valence-corrected chi connectivity index (χ3v) is 3.07. The number of hydrogen-bond donors (Lipinski definition) is 1. The van der Waals surface area contributed by atoms with Crippen LogP contribution in [0.2, 0.25) is 5.02 Å². The molecule has 0 heterocycles. The van der Waals surface area contributed by atoms with E-state index >= 15 is 0 Å². The Hall–Kier alpha value is -1.95. The molecular weight excluding hydrogens is 284 g/mol. The molecule has 0 aliphatic carbocycles. The fourth-order valence-corrected chi connectivity index (χ4v) is 1.97. The Labute approximate surface area is 130 Å². The largest absolute Gasteiger partial charge is 0.457 e. The third kappa shape index (κ3) is 5.15. The summed E-state index contributed by atoms with van der Waals surface area (Å²) >= 11 is 5.91. The minimum absolute atomic E-state index is 0.558. The van der Waals surface area contributed by atoms with Crippen LogP contribution in [0.15, 0.2) is 48.5 Å². The normalized spacial score (nSPS) is 11.4. The van der Waals surface area contributed by atoms with E-state index in [-0.39, 0.29) is 0 Å². The van der Waals surface area contributed by atoms with Crippen molar-refractivity contribution >= 4 is 11.6 Å². The summed E-state index contributed by atoms with van der Waals surface area (Å²) in [6, 6.07) is 14.7. The van der Waals surface area contributed by atoms with Crippen molar-refractivity contribution in [3.8, 4) is 23.3 Å². The average molecular weight is 301 g/mol. The molecule has 0 saturated carbocycles. The number of aliphatic hydroxyl groups is 1. The van der Waals surface area contributed by atoms with E-state index in [0.29, 0.717) is 17.2 Å². The van der Waals surface area contributed by atoms with E-state index in [1.54, 1.807) is 12.1 Å². The van der Waals surface area contributed by atoms with Gasteiger partial charge in [-0.1, -0.05) is 42.9 Å². The number of halogens is 1. The van der Waals surface area contributed by atoms with Gasteiger partial charge in [0.25, 0.3) is 0 Å². The standard InChI is InChI=1S/C18H17ClO2/c1-2-4-16(20)10-7-14-8-11-17(12-9-14)21-18-6-3-5-15(19)13-18/h3,5-6,8-9,11-13,16,20H,2,4H2,1H3. The van der Waals surface area contributed by atoms with Gasteiger partial charge >= 0.3 is 0 Å². The molecule has 0 bridgehead atoms. The predicted molar refractivity (Wildman–Crippen MR) is 85.8 cm³/mol. The second-order valence-corrected chi connectivity index (χ2v) is 5.09. The Bertz CT molecular complexity index is 638. The highest BCUT2D eigenvalue weighted by Crippen LogP contribution is 2.24. The van der Waals surface area contributed by atoms with Gasteiger partial charge in [0.15, 0.2) is 0 Å². The van der Waals surface area contributed by atoms with Crippen molar-refractivity contribution in [1.82, 2.24) is 0 Å². The van der Waals surface area contributed by atoms with Gasteiger partial charge in [-0.2, -0.15) is 0 Å². The van der Waals surface area contributed by atoms with E-state index in [1.165, 1.54) is 0 Å². The molecule has 2 nitrogen and oxygen atoms in total. The summed E-state index contributed by atoms with van der Waals surface area (Å²) in [5, 5.41) is 10.2. The molecule has 0 fully saturated rings. The summed E-state index contributed by atoms with van der Waals surface area (Å²) in [6.07, 6.45) is 1.06. The molecule has 21 heavy (non-hydrogen) atoms. The first-order chi connectivity index (χ1) is 10.2. The molecule has 3 heteroatoms. The van der Waals surface area contributed by atoms with Crippen molar-refractivity contribution in [3.05, 3.63) is 59.1 Å². The lowest BCUT2D eigenvalue weighted by Crippen LogP contribution is -2.00. The second-order valence-electron chi connectivity index (χ2n) is 4.66. The van der Waals surface area contributed by atoms with Crippen LogP contribution in [0.25, 0.3) is 0 Å². The summed E-state index contributed by atoms with van der Waals surface area (Å²) in [6.45, 7) is 2.02. The average Bonchev–Trinajstić information content (AvgIpc) is 2.47. The lowest BCUT2D eigenvalue weighted by molar-refractivity contribution is 0.221. The molecule has 2 aromatic carbocycles. The van der Waals surface area contributed by atoms with Crippen molar-refractivity contribution in [2.24, 2.45) is 0 Å². The molecule has 0 amide bonds. The predicted octanol–water partition coefficient (Wildman–Crippen LogP) is 4.64. The van der Waals surface area contributed by atoms with Gasteiger partial charge in [-0.05, 0) is 48.9 Å². The molecular formula is C18H17ClO2. The van der Waals surface area contributed by atoms with Gasteiger partial charge in [-0.15, -0.1) is 0 Å². The summed E-state index contributed by atoms with van der Waals surface area (Å²) in [7, 11) is 0. The van der Waals surface area contributed by atoms with Gasteiger partial charge in [0, 0.05) is 10.6 Å². The molecule has 0 spiro atoms. The number of aliphatic hydroxyl groups excluding tert-OH is 1. The fourth-order valence-electron chi connectivity index (χ4n) is 1.79.